The first kappa shape index (κ1) is 21.8. The smallest absolute Gasteiger partial charge is 0.253 e. The first-order valence-corrected chi connectivity index (χ1v) is 12.4. The van der Waals surface area contributed by atoms with Crippen molar-refractivity contribution in [3.8, 4) is 5.75 Å². The Balaban J connectivity index is 1.36. The zero-order valence-corrected chi connectivity index (χ0v) is 19.4. The van der Waals surface area contributed by atoms with Gasteiger partial charge in [-0.2, -0.15) is 0 Å². The second-order valence-electron chi connectivity index (χ2n) is 10.2. The molecule has 5 atom stereocenters. The van der Waals surface area contributed by atoms with E-state index in [-0.39, 0.29) is 48.2 Å². The fraction of sp³-hybridized carbons (Fsp3) is 0.600. The minimum atomic E-state index is -2.70. The Labute approximate surface area is 191 Å². The van der Waals surface area contributed by atoms with Crippen molar-refractivity contribution in [2.75, 3.05) is 5.32 Å². The van der Waals surface area contributed by atoms with Crippen molar-refractivity contribution < 1.29 is 18.7 Å². The maximum Gasteiger partial charge on any atom is 0.253 e. The van der Waals surface area contributed by atoms with E-state index in [0.29, 0.717) is 18.0 Å². The van der Waals surface area contributed by atoms with Crippen LogP contribution in [0, 0.1) is 30.1 Å². The van der Waals surface area contributed by atoms with E-state index in [0.717, 1.165) is 29.7 Å². The largest absolute Gasteiger partial charge is 0.508 e. The number of fused-ring (bicyclic) bond motifs is 5. The van der Waals surface area contributed by atoms with Gasteiger partial charge in [0.2, 0.25) is 5.91 Å². The van der Waals surface area contributed by atoms with E-state index in [2.05, 4.69) is 10.3 Å². The number of phenols is 1. The number of benzene rings is 1. The maximum atomic E-state index is 15.4. The van der Waals surface area contributed by atoms with Crippen LogP contribution in [0.3, 0.4) is 0 Å². The van der Waals surface area contributed by atoms with Gasteiger partial charge in [0.1, 0.15) is 5.75 Å². The van der Waals surface area contributed by atoms with Crippen LogP contribution >= 0.6 is 11.3 Å². The van der Waals surface area contributed by atoms with Crippen molar-refractivity contribution in [1.29, 1.82) is 0 Å². The number of carbonyl (C=O) groups excluding carboxylic acids is 1. The number of nitrogens with zero attached hydrogens (tertiary/aromatic N) is 1. The number of nitrogens with one attached hydrogen (secondary N) is 1. The molecule has 7 heteroatoms. The lowest BCUT2D eigenvalue weighted by atomic mass is 9.53. The van der Waals surface area contributed by atoms with Gasteiger partial charge in [0.15, 0.2) is 5.13 Å². The van der Waals surface area contributed by atoms with Gasteiger partial charge in [-0.15, -0.1) is 11.3 Å². The summed E-state index contributed by atoms with van der Waals surface area (Å²) in [6.45, 7) is 3.72. The molecule has 0 bridgehead atoms. The van der Waals surface area contributed by atoms with Crippen molar-refractivity contribution in [1.82, 2.24) is 4.98 Å². The van der Waals surface area contributed by atoms with E-state index >= 15 is 8.78 Å². The Morgan fingerprint density at radius 1 is 1.34 bits per heavy atom. The van der Waals surface area contributed by atoms with Gasteiger partial charge in [-0.1, -0.05) is 13.0 Å². The minimum Gasteiger partial charge on any atom is -0.508 e. The molecule has 172 valence electrons. The third kappa shape index (κ3) is 3.53. The standard InChI is InChI=1S/C25H30F2N2O2S/c1-14-13-28-23(32-14)29-21(31)8-4-16-12-25(26,27)24(2)10-9-19-18-7-5-17(30)11-15(18)3-6-20(19)22(16)24/h5,7,11,13,16,19-20,22,30H,3-4,6,8-10,12H2,1-2H3,(H,28,29,31)/t16-,19-,20-,22+,24+/m1/s1. The van der Waals surface area contributed by atoms with Crippen molar-refractivity contribution >= 4 is 22.4 Å². The molecule has 32 heavy (non-hydrogen) atoms. The normalized spacial score (nSPS) is 32.6. The first-order valence-electron chi connectivity index (χ1n) is 11.6. The van der Waals surface area contributed by atoms with E-state index in [1.165, 1.54) is 16.9 Å². The van der Waals surface area contributed by atoms with Crippen LogP contribution in [0.1, 0.15) is 67.4 Å². The monoisotopic (exact) mass is 460 g/mol. The van der Waals surface area contributed by atoms with Crippen LogP contribution in [0.15, 0.2) is 24.4 Å². The van der Waals surface area contributed by atoms with Gasteiger partial charge in [-0.25, -0.2) is 13.8 Å². The quantitative estimate of drug-likeness (QED) is 0.563. The maximum absolute atomic E-state index is 15.4. The van der Waals surface area contributed by atoms with E-state index in [1.54, 1.807) is 19.2 Å². The molecular formula is C25H30F2N2O2S. The van der Waals surface area contributed by atoms with Gasteiger partial charge in [-0.3, -0.25) is 4.79 Å². The molecular weight excluding hydrogens is 430 g/mol. The average molecular weight is 461 g/mol. The molecule has 1 amide bonds. The summed E-state index contributed by atoms with van der Waals surface area (Å²) in [7, 11) is 0. The molecule has 2 saturated carbocycles. The summed E-state index contributed by atoms with van der Waals surface area (Å²) < 4.78 is 30.7. The fourth-order valence-corrected chi connectivity index (χ4v) is 7.68. The van der Waals surface area contributed by atoms with Gasteiger partial charge in [0.25, 0.3) is 5.92 Å². The molecule has 0 saturated heterocycles. The Bertz CT molecular complexity index is 1040. The van der Waals surface area contributed by atoms with Crippen LogP contribution in [-0.4, -0.2) is 21.9 Å². The van der Waals surface area contributed by atoms with E-state index in [1.807, 2.05) is 19.1 Å². The van der Waals surface area contributed by atoms with Gasteiger partial charge in [-0.05, 0) is 86.0 Å². The molecule has 1 aromatic heterocycles. The molecule has 3 aliphatic carbocycles. The topological polar surface area (TPSA) is 62.2 Å². The summed E-state index contributed by atoms with van der Waals surface area (Å²) in [6, 6.07) is 5.56. The van der Waals surface area contributed by atoms with Crippen molar-refractivity contribution in [2.45, 2.75) is 70.6 Å². The number of hydrogen-bond acceptors (Lipinski definition) is 4. The number of hydrogen-bond donors (Lipinski definition) is 2. The molecule has 0 spiro atoms. The Morgan fingerprint density at radius 3 is 2.91 bits per heavy atom. The summed E-state index contributed by atoms with van der Waals surface area (Å²) in [5.74, 6) is -2.36. The molecule has 0 aliphatic heterocycles. The summed E-state index contributed by atoms with van der Waals surface area (Å²) in [5, 5.41) is 13.3. The first-order chi connectivity index (χ1) is 15.2. The molecule has 0 unspecified atom stereocenters. The van der Waals surface area contributed by atoms with Crippen LogP contribution in [0.5, 0.6) is 5.75 Å². The lowest BCUT2D eigenvalue weighted by Crippen LogP contribution is -2.47. The predicted octanol–water partition coefficient (Wildman–Crippen LogP) is 6.29. The highest BCUT2D eigenvalue weighted by atomic mass is 32.1. The van der Waals surface area contributed by atoms with Crippen LogP contribution in [-0.2, 0) is 11.2 Å². The summed E-state index contributed by atoms with van der Waals surface area (Å²) in [4.78, 5) is 17.7. The predicted molar refractivity (Wildman–Crippen MR) is 121 cm³/mol. The molecule has 1 aromatic carbocycles. The number of carbonyl (C=O) groups is 1. The fourth-order valence-electron chi connectivity index (χ4n) is 7.00. The van der Waals surface area contributed by atoms with Gasteiger partial charge >= 0.3 is 0 Å². The van der Waals surface area contributed by atoms with Gasteiger partial charge in [0.05, 0.1) is 0 Å². The number of thiazole rings is 1. The summed E-state index contributed by atoms with van der Waals surface area (Å²) in [6.07, 6.45) is 5.29. The number of anilines is 1. The van der Waals surface area contributed by atoms with Crippen LogP contribution in [0.25, 0.3) is 0 Å². The van der Waals surface area contributed by atoms with E-state index in [9.17, 15) is 9.90 Å². The number of amides is 1. The van der Waals surface area contributed by atoms with E-state index in [4.69, 9.17) is 0 Å². The second-order valence-corrected chi connectivity index (χ2v) is 11.4. The van der Waals surface area contributed by atoms with E-state index < -0.39 is 11.3 Å². The minimum absolute atomic E-state index is 0.0897. The molecule has 2 aromatic rings. The molecule has 4 nitrogen and oxygen atoms in total. The Hall–Kier alpha value is -2.02. The van der Waals surface area contributed by atoms with Gasteiger partial charge < -0.3 is 10.4 Å². The zero-order valence-electron chi connectivity index (χ0n) is 18.5. The SMILES string of the molecule is Cc1cnc(NC(=O)CC[C@@H]2CC(F)(F)[C@@]3(C)CC[C@@H]4c5ccc(O)cc5CC[C@H]4[C@H]23)s1. The number of alkyl halides is 2. The summed E-state index contributed by atoms with van der Waals surface area (Å²) >= 11 is 1.42. The molecule has 1 heterocycles. The lowest BCUT2D eigenvalue weighted by molar-refractivity contribution is -0.133. The van der Waals surface area contributed by atoms with Crippen LogP contribution in [0.2, 0.25) is 0 Å². The Morgan fingerprint density at radius 2 is 2.16 bits per heavy atom. The zero-order chi connectivity index (χ0) is 22.7. The molecule has 0 radical (unpaired) electrons. The number of aromatic hydroxyl groups is 1. The number of rotatable bonds is 4. The lowest BCUT2D eigenvalue weighted by Gasteiger charge is -2.51. The number of aromatic nitrogens is 1. The highest BCUT2D eigenvalue weighted by molar-refractivity contribution is 7.15. The number of halogens is 2. The highest BCUT2D eigenvalue weighted by Crippen LogP contribution is 2.68. The highest BCUT2D eigenvalue weighted by Gasteiger charge is 2.67. The number of phenolic OH excluding ortho intramolecular Hbond substituents is 1. The summed E-state index contributed by atoms with van der Waals surface area (Å²) in [5.41, 5.74) is 1.39. The number of aryl methyl sites for hydroxylation is 2. The van der Waals surface area contributed by atoms with Crippen LogP contribution < -0.4 is 5.32 Å². The molecule has 5 rings (SSSR count). The average Bonchev–Trinajstić information content (AvgIpc) is 3.23. The third-order valence-electron chi connectivity index (χ3n) is 8.43. The Kier molecular flexibility index (Phi) is 5.31. The van der Waals surface area contributed by atoms with Crippen molar-refractivity contribution in [3.63, 3.8) is 0 Å². The molecule has 2 fully saturated rings. The third-order valence-corrected chi connectivity index (χ3v) is 9.26. The van der Waals surface area contributed by atoms with Crippen LogP contribution in [0.4, 0.5) is 13.9 Å². The van der Waals surface area contributed by atoms with Gasteiger partial charge in [0, 0.05) is 29.3 Å². The molecule has 3 aliphatic rings. The second kappa shape index (κ2) is 7.79. The van der Waals surface area contributed by atoms with Crippen molar-refractivity contribution in [3.05, 3.63) is 40.4 Å². The molecule has 2 N–H and O–H groups in total. The van der Waals surface area contributed by atoms with Crippen molar-refractivity contribution in [2.24, 2.45) is 23.2 Å².